The van der Waals surface area contributed by atoms with Crippen LogP contribution in [0.4, 0.5) is 13.2 Å². The molecule has 9 heteroatoms. The standard InChI is InChI=1S/C19H21F3N2O2S.ClH/c1-27-11-10-17(23)18(25)24-12-13-2-6-15(7-3-13)26-16-8-4-14(5-9-16)19(20,21)22;/h2-9,17H,10-12,23H2,1H3,(H,24,25);1H/t17-;/m0./s1. The van der Waals surface area contributed by atoms with E-state index in [1.807, 2.05) is 6.26 Å². The molecule has 3 N–H and O–H groups in total. The lowest BCUT2D eigenvalue weighted by Gasteiger charge is -2.12. The number of rotatable bonds is 8. The number of nitrogens with two attached hydrogens (primary N) is 1. The number of benzene rings is 2. The van der Waals surface area contributed by atoms with Gasteiger partial charge in [-0.3, -0.25) is 4.79 Å². The third-order valence-corrected chi connectivity index (χ3v) is 4.42. The van der Waals surface area contributed by atoms with E-state index in [1.54, 1.807) is 36.0 Å². The van der Waals surface area contributed by atoms with E-state index in [9.17, 15) is 18.0 Å². The van der Waals surface area contributed by atoms with Crippen molar-refractivity contribution in [2.75, 3.05) is 12.0 Å². The highest BCUT2D eigenvalue weighted by atomic mass is 35.5. The smallest absolute Gasteiger partial charge is 0.416 e. The molecular formula is C19H22ClF3N2O2S. The molecule has 1 atom stereocenters. The molecule has 0 saturated carbocycles. The van der Waals surface area contributed by atoms with Crippen molar-refractivity contribution in [1.29, 1.82) is 0 Å². The predicted molar refractivity (Wildman–Crippen MR) is 108 cm³/mol. The number of ether oxygens (including phenoxy) is 1. The van der Waals surface area contributed by atoms with E-state index < -0.39 is 17.8 Å². The summed E-state index contributed by atoms with van der Waals surface area (Å²) in [5.74, 6) is 1.42. The van der Waals surface area contributed by atoms with Crippen molar-refractivity contribution in [3.8, 4) is 11.5 Å². The first kappa shape index (κ1) is 24.1. The maximum absolute atomic E-state index is 12.6. The highest BCUT2D eigenvalue weighted by Gasteiger charge is 2.30. The second kappa shape index (κ2) is 11.2. The molecule has 2 rings (SSSR count). The lowest BCUT2D eigenvalue weighted by molar-refractivity contribution is -0.137. The van der Waals surface area contributed by atoms with Gasteiger partial charge in [-0.15, -0.1) is 12.4 Å². The van der Waals surface area contributed by atoms with E-state index in [-0.39, 0.29) is 18.3 Å². The normalized spacial score (nSPS) is 12.0. The molecule has 0 aliphatic rings. The summed E-state index contributed by atoms with van der Waals surface area (Å²) in [6.45, 7) is 0.340. The minimum atomic E-state index is -4.37. The number of hydrogen-bond donors (Lipinski definition) is 2. The van der Waals surface area contributed by atoms with Crippen molar-refractivity contribution in [1.82, 2.24) is 5.32 Å². The number of alkyl halides is 3. The number of amides is 1. The third-order valence-electron chi connectivity index (χ3n) is 3.78. The van der Waals surface area contributed by atoms with Crippen LogP contribution in [0.1, 0.15) is 17.5 Å². The van der Waals surface area contributed by atoms with E-state index in [0.717, 1.165) is 23.4 Å². The van der Waals surface area contributed by atoms with Crippen LogP contribution in [0.3, 0.4) is 0 Å². The van der Waals surface area contributed by atoms with Crippen LogP contribution >= 0.6 is 24.2 Å². The molecule has 0 heterocycles. The number of hydrogen-bond acceptors (Lipinski definition) is 4. The Morgan fingerprint density at radius 3 is 2.14 bits per heavy atom. The fourth-order valence-electron chi connectivity index (χ4n) is 2.22. The Bertz CT molecular complexity index is 740. The number of carbonyl (C=O) groups is 1. The summed E-state index contributed by atoms with van der Waals surface area (Å²) in [4.78, 5) is 11.9. The van der Waals surface area contributed by atoms with E-state index >= 15 is 0 Å². The van der Waals surface area contributed by atoms with Crippen molar-refractivity contribution in [2.45, 2.75) is 25.2 Å². The molecule has 0 unspecified atom stereocenters. The lowest BCUT2D eigenvalue weighted by Crippen LogP contribution is -2.40. The van der Waals surface area contributed by atoms with Gasteiger partial charge in [-0.1, -0.05) is 12.1 Å². The summed E-state index contributed by atoms with van der Waals surface area (Å²) in [5, 5.41) is 2.78. The molecule has 0 fully saturated rings. The maximum atomic E-state index is 12.6. The monoisotopic (exact) mass is 434 g/mol. The average molecular weight is 435 g/mol. The minimum Gasteiger partial charge on any atom is -0.457 e. The molecule has 4 nitrogen and oxygen atoms in total. The summed E-state index contributed by atoms with van der Waals surface area (Å²) < 4.78 is 43.2. The van der Waals surface area contributed by atoms with Crippen LogP contribution in [0, 0.1) is 0 Å². The first-order valence-corrected chi connectivity index (χ1v) is 9.65. The van der Waals surface area contributed by atoms with Gasteiger partial charge in [0.15, 0.2) is 0 Å². The van der Waals surface area contributed by atoms with Gasteiger partial charge in [0, 0.05) is 6.54 Å². The number of carbonyl (C=O) groups excluding carboxylic acids is 1. The molecule has 0 saturated heterocycles. The van der Waals surface area contributed by atoms with Crippen LogP contribution in [-0.4, -0.2) is 24.0 Å². The van der Waals surface area contributed by atoms with Gasteiger partial charge in [-0.05, 0) is 60.4 Å². The second-order valence-electron chi connectivity index (χ2n) is 5.87. The zero-order chi connectivity index (χ0) is 19.9. The summed E-state index contributed by atoms with van der Waals surface area (Å²) in [6.07, 6.45) is -1.80. The summed E-state index contributed by atoms with van der Waals surface area (Å²) in [7, 11) is 0. The van der Waals surface area contributed by atoms with Gasteiger partial charge in [-0.2, -0.15) is 24.9 Å². The minimum absolute atomic E-state index is 0. The van der Waals surface area contributed by atoms with Crippen molar-refractivity contribution >= 4 is 30.1 Å². The summed E-state index contributed by atoms with van der Waals surface area (Å²) in [5.41, 5.74) is 5.94. The first-order valence-electron chi connectivity index (χ1n) is 8.26. The fourth-order valence-corrected chi connectivity index (χ4v) is 2.71. The summed E-state index contributed by atoms with van der Waals surface area (Å²) in [6, 6.07) is 10.9. The van der Waals surface area contributed by atoms with Crippen LogP contribution < -0.4 is 15.8 Å². The number of halogens is 4. The molecule has 0 radical (unpaired) electrons. The van der Waals surface area contributed by atoms with E-state index in [2.05, 4.69) is 5.32 Å². The van der Waals surface area contributed by atoms with Gasteiger partial charge < -0.3 is 15.8 Å². The summed E-state index contributed by atoms with van der Waals surface area (Å²) >= 11 is 1.64. The Balaban J connectivity index is 0.00000392. The molecule has 0 bridgehead atoms. The molecule has 0 aromatic heterocycles. The number of nitrogens with one attached hydrogen (secondary N) is 1. The predicted octanol–water partition coefficient (Wildman–Crippen LogP) is 4.62. The third kappa shape index (κ3) is 7.61. The van der Waals surface area contributed by atoms with Crippen LogP contribution in [0.15, 0.2) is 48.5 Å². The Morgan fingerprint density at radius 2 is 1.64 bits per heavy atom. The Morgan fingerprint density at radius 1 is 1.11 bits per heavy atom. The van der Waals surface area contributed by atoms with Gasteiger partial charge in [-0.25, -0.2) is 0 Å². The van der Waals surface area contributed by atoms with Crippen LogP contribution in [0.25, 0.3) is 0 Å². The molecule has 0 aliphatic heterocycles. The van der Waals surface area contributed by atoms with Crippen molar-refractivity contribution in [2.24, 2.45) is 5.73 Å². The van der Waals surface area contributed by atoms with Crippen LogP contribution in [-0.2, 0) is 17.5 Å². The van der Waals surface area contributed by atoms with Gasteiger partial charge in [0.05, 0.1) is 11.6 Å². The van der Waals surface area contributed by atoms with Crippen molar-refractivity contribution in [3.05, 3.63) is 59.7 Å². The largest absolute Gasteiger partial charge is 0.457 e. The molecule has 154 valence electrons. The quantitative estimate of drug-likeness (QED) is 0.636. The van der Waals surface area contributed by atoms with Gasteiger partial charge in [0.2, 0.25) is 5.91 Å². The van der Waals surface area contributed by atoms with Crippen LogP contribution in [0.2, 0.25) is 0 Å². The van der Waals surface area contributed by atoms with Crippen molar-refractivity contribution < 1.29 is 22.7 Å². The lowest BCUT2D eigenvalue weighted by atomic mass is 10.2. The van der Waals surface area contributed by atoms with Crippen LogP contribution in [0.5, 0.6) is 11.5 Å². The zero-order valence-corrected chi connectivity index (χ0v) is 16.8. The number of thioether (sulfide) groups is 1. The average Bonchev–Trinajstić information content (AvgIpc) is 2.65. The second-order valence-corrected chi connectivity index (χ2v) is 6.86. The first-order chi connectivity index (χ1) is 12.8. The topological polar surface area (TPSA) is 64.4 Å². The molecule has 1 amide bonds. The van der Waals surface area contributed by atoms with Gasteiger partial charge >= 0.3 is 6.18 Å². The van der Waals surface area contributed by atoms with Gasteiger partial charge in [0.25, 0.3) is 0 Å². The van der Waals surface area contributed by atoms with E-state index in [0.29, 0.717) is 24.5 Å². The van der Waals surface area contributed by atoms with E-state index in [1.165, 1.54) is 12.1 Å². The molecule has 28 heavy (non-hydrogen) atoms. The molecule has 2 aromatic carbocycles. The van der Waals surface area contributed by atoms with E-state index in [4.69, 9.17) is 10.5 Å². The Labute approximate surface area is 172 Å². The molecular weight excluding hydrogens is 413 g/mol. The van der Waals surface area contributed by atoms with Gasteiger partial charge in [0.1, 0.15) is 11.5 Å². The maximum Gasteiger partial charge on any atom is 0.416 e. The highest BCUT2D eigenvalue weighted by Crippen LogP contribution is 2.31. The molecule has 2 aromatic rings. The Hall–Kier alpha value is -1.90. The molecule has 0 spiro atoms. The highest BCUT2D eigenvalue weighted by molar-refractivity contribution is 7.98. The fraction of sp³-hybridized carbons (Fsp3) is 0.316. The van der Waals surface area contributed by atoms with Crippen molar-refractivity contribution in [3.63, 3.8) is 0 Å². The zero-order valence-electron chi connectivity index (χ0n) is 15.2. The molecule has 0 aliphatic carbocycles. The Kier molecular flexibility index (Phi) is 9.64. The SMILES string of the molecule is CSCC[C@H](N)C(=O)NCc1ccc(Oc2ccc(C(F)(F)F)cc2)cc1.Cl.